The van der Waals surface area contributed by atoms with E-state index in [0.29, 0.717) is 6.42 Å². The first-order valence-corrected chi connectivity index (χ1v) is 6.86. The van der Waals surface area contributed by atoms with Crippen LogP contribution >= 0.6 is 0 Å². The minimum absolute atomic E-state index is 0.0685. The summed E-state index contributed by atoms with van der Waals surface area (Å²) in [5, 5.41) is 18.7. The second-order valence-corrected chi connectivity index (χ2v) is 5.19. The van der Waals surface area contributed by atoms with Crippen molar-refractivity contribution >= 4 is 17.0 Å². The van der Waals surface area contributed by atoms with Gasteiger partial charge >= 0.3 is 5.97 Å². The fourth-order valence-electron chi connectivity index (χ4n) is 2.62. The van der Waals surface area contributed by atoms with Crippen LogP contribution in [-0.2, 0) is 6.42 Å². The smallest absolute Gasteiger partial charge is 0.335 e. The molecule has 0 saturated carbocycles. The zero-order chi connectivity index (χ0) is 14.9. The summed E-state index contributed by atoms with van der Waals surface area (Å²) < 4.78 is 2.04. The van der Waals surface area contributed by atoms with Gasteiger partial charge in [0.15, 0.2) is 0 Å². The van der Waals surface area contributed by atoms with E-state index in [9.17, 15) is 9.90 Å². The van der Waals surface area contributed by atoms with Crippen molar-refractivity contribution < 1.29 is 15.0 Å². The summed E-state index contributed by atoms with van der Waals surface area (Å²) in [6, 6.07) is 5.03. The zero-order valence-electron chi connectivity index (χ0n) is 12.0. The molecular formula is C15H20N2O3. The Hall–Kier alpha value is -1.88. The van der Waals surface area contributed by atoms with Crippen molar-refractivity contribution in [3.8, 4) is 0 Å². The minimum atomic E-state index is -0.944. The number of nitrogens with zero attached hydrogens (tertiary/aromatic N) is 2. The van der Waals surface area contributed by atoms with E-state index in [1.807, 2.05) is 18.4 Å². The van der Waals surface area contributed by atoms with Gasteiger partial charge in [0.25, 0.3) is 0 Å². The Morgan fingerprint density at radius 2 is 2.10 bits per heavy atom. The molecule has 0 fully saturated rings. The van der Waals surface area contributed by atoms with Crippen LogP contribution in [0.25, 0.3) is 11.0 Å². The average Bonchev–Trinajstić information content (AvgIpc) is 2.74. The van der Waals surface area contributed by atoms with Gasteiger partial charge in [-0.3, -0.25) is 0 Å². The molecule has 2 unspecified atom stereocenters. The van der Waals surface area contributed by atoms with Gasteiger partial charge in [0.05, 0.1) is 22.7 Å². The first-order chi connectivity index (χ1) is 9.43. The lowest BCUT2D eigenvalue weighted by Crippen LogP contribution is -2.14. The maximum absolute atomic E-state index is 11.1. The second kappa shape index (κ2) is 5.63. The first-order valence-electron chi connectivity index (χ1n) is 6.86. The number of carboxylic acids is 1. The summed E-state index contributed by atoms with van der Waals surface area (Å²) in [5.74, 6) is -0.0310. The lowest BCUT2D eigenvalue weighted by molar-refractivity contribution is 0.0697. The Bertz CT molecular complexity index is 631. The summed E-state index contributed by atoms with van der Waals surface area (Å²) in [7, 11) is 0. The molecule has 20 heavy (non-hydrogen) atoms. The molecule has 1 heterocycles. The summed E-state index contributed by atoms with van der Waals surface area (Å²) in [4.78, 5) is 15.7. The molecule has 5 heteroatoms. The Balaban J connectivity index is 2.59. The van der Waals surface area contributed by atoms with Crippen LogP contribution in [0.15, 0.2) is 18.2 Å². The third-order valence-corrected chi connectivity index (χ3v) is 3.45. The van der Waals surface area contributed by atoms with E-state index in [1.165, 1.54) is 0 Å². The lowest BCUT2D eigenvalue weighted by atomic mass is 10.1. The van der Waals surface area contributed by atoms with Gasteiger partial charge in [-0.15, -0.1) is 0 Å². The van der Waals surface area contributed by atoms with Crippen LogP contribution < -0.4 is 0 Å². The third kappa shape index (κ3) is 2.67. The van der Waals surface area contributed by atoms with E-state index < -0.39 is 12.1 Å². The van der Waals surface area contributed by atoms with Gasteiger partial charge in [0.2, 0.25) is 0 Å². The van der Waals surface area contributed by atoms with E-state index in [4.69, 9.17) is 5.11 Å². The molecule has 2 aromatic rings. The third-order valence-electron chi connectivity index (χ3n) is 3.45. The summed E-state index contributed by atoms with van der Waals surface area (Å²) in [6.07, 6.45) is 0.964. The van der Waals surface area contributed by atoms with E-state index in [0.717, 1.165) is 23.3 Å². The molecule has 0 aliphatic rings. The number of rotatable bonds is 5. The second-order valence-electron chi connectivity index (χ2n) is 5.19. The number of aliphatic hydroxyl groups excluding tert-OH is 1. The van der Waals surface area contributed by atoms with Gasteiger partial charge in [-0.1, -0.05) is 6.92 Å². The van der Waals surface area contributed by atoms with E-state index in [2.05, 4.69) is 4.98 Å². The van der Waals surface area contributed by atoms with E-state index in [-0.39, 0.29) is 11.6 Å². The van der Waals surface area contributed by atoms with Crippen LogP contribution in [0, 0.1) is 0 Å². The van der Waals surface area contributed by atoms with Crippen LogP contribution in [0.1, 0.15) is 49.4 Å². The first kappa shape index (κ1) is 14.5. The SMILES string of the molecule is CCc1nc2ccc(C(=O)O)cc2n1C(C)CC(C)O. The summed E-state index contributed by atoms with van der Waals surface area (Å²) in [6.45, 7) is 5.79. The number of aromatic carboxylic acids is 1. The standard InChI is InChI=1S/C15H20N2O3/c1-4-14-16-12-6-5-11(15(19)20)8-13(12)17(14)9(2)7-10(3)18/h5-6,8-10,18H,4,7H2,1-3H3,(H,19,20). The molecule has 0 aliphatic heterocycles. The summed E-state index contributed by atoms with van der Waals surface area (Å²) in [5.41, 5.74) is 1.87. The van der Waals surface area contributed by atoms with Crippen LogP contribution in [0.4, 0.5) is 0 Å². The van der Waals surface area contributed by atoms with Gasteiger partial charge in [-0.2, -0.15) is 0 Å². The number of aryl methyl sites for hydroxylation is 1. The molecule has 0 radical (unpaired) electrons. The van der Waals surface area contributed by atoms with Crippen molar-refractivity contribution in [1.82, 2.24) is 9.55 Å². The molecule has 2 N–H and O–H groups in total. The number of carbonyl (C=O) groups is 1. The average molecular weight is 276 g/mol. The Labute approximate surface area is 117 Å². The molecule has 1 aromatic carbocycles. The number of fused-ring (bicyclic) bond motifs is 1. The normalized spacial score (nSPS) is 14.4. The summed E-state index contributed by atoms with van der Waals surface area (Å²) >= 11 is 0. The molecule has 5 nitrogen and oxygen atoms in total. The predicted molar refractivity (Wildman–Crippen MR) is 77.1 cm³/mol. The van der Waals surface area contributed by atoms with Gasteiger partial charge in [-0.25, -0.2) is 9.78 Å². The van der Waals surface area contributed by atoms with Crippen molar-refractivity contribution in [2.24, 2.45) is 0 Å². The Morgan fingerprint density at radius 3 is 2.65 bits per heavy atom. The highest BCUT2D eigenvalue weighted by Crippen LogP contribution is 2.25. The van der Waals surface area contributed by atoms with Gasteiger partial charge in [0.1, 0.15) is 5.82 Å². The highest BCUT2D eigenvalue weighted by Gasteiger charge is 2.17. The molecule has 0 aliphatic carbocycles. The van der Waals surface area contributed by atoms with Crippen LogP contribution in [0.5, 0.6) is 0 Å². The number of aliphatic hydroxyl groups is 1. The lowest BCUT2D eigenvalue weighted by Gasteiger charge is -2.18. The molecular weight excluding hydrogens is 256 g/mol. The fraction of sp³-hybridized carbons (Fsp3) is 0.467. The maximum Gasteiger partial charge on any atom is 0.335 e. The number of carboxylic acid groups (broad SMARTS) is 1. The molecule has 2 rings (SSSR count). The Kier molecular flexibility index (Phi) is 4.09. The fourth-order valence-corrected chi connectivity index (χ4v) is 2.62. The molecule has 0 saturated heterocycles. The highest BCUT2D eigenvalue weighted by molar-refractivity contribution is 5.92. The van der Waals surface area contributed by atoms with Gasteiger partial charge in [0, 0.05) is 12.5 Å². The van der Waals surface area contributed by atoms with Crippen molar-refractivity contribution in [3.63, 3.8) is 0 Å². The van der Waals surface area contributed by atoms with Gasteiger partial charge < -0.3 is 14.8 Å². The minimum Gasteiger partial charge on any atom is -0.478 e. The Morgan fingerprint density at radius 1 is 1.40 bits per heavy atom. The van der Waals surface area contributed by atoms with E-state index >= 15 is 0 Å². The van der Waals surface area contributed by atoms with Crippen molar-refractivity contribution in [2.45, 2.75) is 45.8 Å². The highest BCUT2D eigenvalue weighted by atomic mass is 16.4. The zero-order valence-corrected chi connectivity index (χ0v) is 12.0. The molecule has 0 bridgehead atoms. The molecule has 2 atom stereocenters. The maximum atomic E-state index is 11.1. The van der Waals surface area contributed by atoms with Crippen LogP contribution in [-0.4, -0.2) is 31.8 Å². The topological polar surface area (TPSA) is 75.3 Å². The molecule has 1 aromatic heterocycles. The number of aromatic nitrogens is 2. The van der Waals surface area contributed by atoms with Gasteiger partial charge in [-0.05, 0) is 38.5 Å². The number of benzene rings is 1. The molecule has 0 spiro atoms. The van der Waals surface area contributed by atoms with Crippen LogP contribution in [0.2, 0.25) is 0 Å². The number of hydrogen-bond donors (Lipinski definition) is 2. The monoisotopic (exact) mass is 276 g/mol. The number of imidazole rings is 1. The largest absolute Gasteiger partial charge is 0.478 e. The molecule has 108 valence electrons. The quantitative estimate of drug-likeness (QED) is 0.880. The predicted octanol–water partition coefficient (Wildman–Crippen LogP) is 2.63. The van der Waals surface area contributed by atoms with Crippen molar-refractivity contribution in [3.05, 3.63) is 29.6 Å². The molecule has 0 amide bonds. The van der Waals surface area contributed by atoms with Crippen molar-refractivity contribution in [2.75, 3.05) is 0 Å². The van der Waals surface area contributed by atoms with Crippen molar-refractivity contribution in [1.29, 1.82) is 0 Å². The number of hydrogen-bond acceptors (Lipinski definition) is 3. The van der Waals surface area contributed by atoms with E-state index in [1.54, 1.807) is 25.1 Å². The van der Waals surface area contributed by atoms with Crippen LogP contribution in [0.3, 0.4) is 0 Å².